The van der Waals surface area contributed by atoms with Crippen LogP contribution in [0.5, 0.6) is 0 Å². The number of hydrogen-bond acceptors (Lipinski definition) is 3. The average Bonchev–Trinajstić information content (AvgIpc) is 2.37. The Morgan fingerprint density at radius 2 is 1.90 bits per heavy atom. The summed E-state index contributed by atoms with van der Waals surface area (Å²) in [7, 11) is 0. The second kappa shape index (κ2) is 5.65. The highest BCUT2D eigenvalue weighted by molar-refractivity contribution is 7.80. The Labute approximate surface area is 124 Å². The molecule has 3 N–H and O–H groups in total. The number of halogens is 3. The molecule has 0 unspecified atom stereocenters. The first-order valence-corrected chi connectivity index (χ1v) is 6.27. The quantitative estimate of drug-likeness (QED) is 0.834. The van der Waals surface area contributed by atoms with Crippen molar-refractivity contribution >= 4 is 23.3 Å². The highest BCUT2D eigenvalue weighted by Gasteiger charge is 2.34. The van der Waals surface area contributed by atoms with Crippen LogP contribution in [0.4, 0.5) is 19.1 Å². The molecule has 1 aromatic heterocycles. The van der Waals surface area contributed by atoms with Crippen LogP contribution in [0.1, 0.15) is 11.3 Å². The fraction of sp³-hybridized carbons (Fsp3) is 0.154. The summed E-state index contributed by atoms with van der Waals surface area (Å²) in [6, 6.07) is 7.87. The summed E-state index contributed by atoms with van der Waals surface area (Å²) < 4.78 is 38.8. The van der Waals surface area contributed by atoms with Crippen LogP contribution in [-0.4, -0.2) is 15.1 Å². The molecule has 0 aliphatic carbocycles. The van der Waals surface area contributed by atoms with Gasteiger partial charge in [-0.2, -0.15) is 13.2 Å². The third-order valence-corrected chi connectivity index (χ3v) is 2.77. The van der Waals surface area contributed by atoms with E-state index in [0.29, 0.717) is 5.56 Å². The molecule has 1 heterocycles. The second-order valence-electron chi connectivity index (χ2n) is 4.26. The van der Waals surface area contributed by atoms with E-state index < -0.39 is 11.9 Å². The lowest BCUT2D eigenvalue weighted by molar-refractivity contribution is -0.141. The number of aryl methyl sites for hydroxylation is 1. The van der Waals surface area contributed by atoms with Gasteiger partial charge in [-0.05, 0) is 30.8 Å². The van der Waals surface area contributed by atoms with Gasteiger partial charge in [0.25, 0.3) is 0 Å². The van der Waals surface area contributed by atoms with Gasteiger partial charge in [-0.25, -0.2) is 9.97 Å². The van der Waals surface area contributed by atoms with Gasteiger partial charge in [0.05, 0.1) is 5.69 Å². The maximum absolute atomic E-state index is 12.9. The Morgan fingerprint density at radius 3 is 2.48 bits per heavy atom. The molecule has 1 aromatic carbocycles. The first-order valence-electron chi connectivity index (χ1n) is 5.86. The van der Waals surface area contributed by atoms with E-state index in [0.717, 1.165) is 11.6 Å². The lowest BCUT2D eigenvalue weighted by Gasteiger charge is -2.12. The first-order chi connectivity index (χ1) is 9.77. The molecule has 0 bridgehead atoms. The van der Waals surface area contributed by atoms with Gasteiger partial charge >= 0.3 is 6.18 Å². The summed E-state index contributed by atoms with van der Waals surface area (Å²) in [5.74, 6) is -0.282. The van der Waals surface area contributed by atoms with Crippen LogP contribution in [-0.2, 0) is 6.18 Å². The van der Waals surface area contributed by atoms with Crippen molar-refractivity contribution in [3.8, 4) is 11.3 Å². The van der Waals surface area contributed by atoms with E-state index in [1.165, 1.54) is 0 Å². The molecule has 0 spiro atoms. The van der Waals surface area contributed by atoms with Gasteiger partial charge in [-0.15, -0.1) is 0 Å². The Balaban J connectivity index is 2.60. The number of nitrogens with one attached hydrogen (secondary N) is 1. The molecular weight excluding hydrogens is 301 g/mol. The SMILES string of the molecule is Cc1ccccc1-c1cc(C(F)(F)F)nc(NC(N)=S)n1. The van der Waals surface area contributed by atoms with Crippen molar-refractivity contribution in [3.05, 3.63) is 41.6 Å². The van der Waals surface area contributed by atoms with Crippen LogP contribution in [0, 0.1) is 6.92 Å². The van der Waals surface area contributed by atoms with Crippen molar-refractivity contribution in [2.45, 2.75) is 13.1 Å². The van der Waals surface area contributed by atoms with E-state index in [4.69, 9.17) is 5.73 Å². The number of alkyl halides is 3. The highest BCUT2D eigenvalue weighted by atomic mass is 32.1. The zero-order chi connectivity index (χ0) is 15.6. The van der Waals surface area contributed by atoms with E-state index in [2.05, 4.69) is 27.5 Å². The van der Waals surface area contributed by atoms with Gasteiger partial charge in [0.15, 0.2) is 10.8 Å². The van der Waals surface area contributed by atoms with Gasteiger partial charge in [-0.1, -0.05) is 24.3 Å². The number of thiocarbonyl (C=S) groups is 1. The predicted molar refractivity (Wildman–Crippen MR) is 77.6 cm³/mol. The van der Waals surface area contributed by atoms with E-state index in [-0.39, 0.29) is 16.8 Å². The van der Waals surface area contributed by atoms with Crippen LogP contribution in [0.25, 0.3) is 11.3 Å². The predicted octanol–water partition coefficient (Wildman–Crippen LogP) is 3.13. The molecule has 4 nitrogen and oxygen atoms in total. The molecule has 0 aliphatic heterocycles. The Hall–Kier alpha value is -2.22. The van der Waals surface area contributed by atoms with Crippen LogP contribution in [0.15, 0.2) is 30.3 Å². The van der Waals surface area contributed by atoms with E-state index >= 15 is 0 Å². The van der Waals surface area contributed by atoms with Crippen molar-refractivity contribution in [2.75, 3.05) is 5.32 Å². The summed E-state index contributed by atoms with van der Waals surface area (Å²) in [6.07, 6.45) is -4.59. The first kappa shape index (κ1) is 15.2. The maximum atomic E-state index is 12.9. The highest BCUT2D eigenvalue weighted by Crippen LogP contribution is 2.31. The summed E-state index contributed by atoms with van der Waals surface area (Å²) in [4.78, 5) is 7.41. The number of aromatic nitrogens is 2. The van der Waals surface area contributed by atoms with Crippen LogP contribution in [0.3, 0.4) is 0 Å². The van der Waals surface area contributed by atoms with Crippen LogP contribution >= 0.6 is 12.2 Å². The number of nitrogens with zero attached hydrogens (tertiary/aromatic N) is 2. The lowest BCUT2D eigenvalue weighted by atomic mass is 10.1. The monoisotopic (exact) mass is 312 g/mol. The summed E-state index contributed by atoms with van der Waals surface area (Å²) >= 11 is 4.61. The Morgan fingerprint density at radius 1 is 1.24 bits per heavy atom. The topological polar surface area (TPSA) is 63.8 Å². The summed E-state index contributed by atoms with van der Waals surface area (Å²) in [6.45, 7) is 1.78. The van der Waals surface area contributed by atoms with E-state index in [1.54, 1.807) is 31.2 Å². The van der Waals surface area contributed by atoms with Gasteiger partial charge in [0.2, 0.25) is 5.95 Å². The fourth-order valence-corrected chi connectivity index (χ4v) is 1.85. The molecular formula is C13H11F3N4S. The van der Waals surface area contributed by atoms with Gasteiger partial charge in [0, 0.05) is 5.56 Å². The third-order valence-electron chi connectivity index (χ3n) is 2.67. The molecule has 0 fully saturated rings. The van der Waals surface area contributed by atoms with Gasteiger partial charge < -0.3 is 11.1 Å². The smallest absolute Gasteiger partial charge is 0.376 e. The van der Waals surface area contributed by atoms with E-state index in [1.807, 2.05) is 0 Å². The second-order valence-corrected chi connectivity index (χ2v) is 4.70. The molecule has 110 valence electrons. The zero-order valence-electron chi connectivity index (χ0n) is 10.9. The molecule has 0 atom stereocenters. The minimum absolute atomic E-state index is 0.147. The van der Waals surface area contributed by atoms with Crippen LogP contribution < -0.4 is 11.1 Å². The van der Waals surface area contributed by atoms with E-state index in [9.17, 15) is 13.2 Å². The summed E-state index contributed by atoms with van der Waals surface area (Å²) in [5, 5.41) is 2.13. The number of hydrogen-bond donors (Lipinski definition) is 2. The minimum atomic E-state index is -4.59. The molecule has 8 heteroatoms. The normalized spacial score (nSPS) is 11.2. The molecule has 0 saturated carbocycles. The zero-order valence-corrected chi connectivity index (χ0v) is 11.7. The molecule has 0 aliphatic rings. The Kier molecular flexibility index (Phi) is 4.08. The molecule has 0 amide bonds. The minimum Gasteiger partial charge on any atom is -0.376 e. The maximum Gasteiger partial charge on any atom is 0.433 e. The van der Waals surface area contributed by atoms with Crippen molar-refractivity contribution in [2.24, 2.45) is 5.73 Å². The third kappa shape index (κ3) is 3.66. The Bertz CT molecular complexity index is 685. The molecule has 21 heavy (non-hydrogen) atoms. The molecule has 2 aromatic rings. The molecule has 0 saturated heterocycles. The lowest BCUT2D eigenvalue weighted by Crippen LogP contribution is -2.22. The van der Waals surface area contributed by atoms with Gasteiger partial charge in [0.1, 0.15) is 0 Å². The van der Waals surface area contributed by atoms with Crippen molar-refractivity contribution in [3.63, 3.8) is 0 Å². The van der Waals surface area contributed by atoms with Crippen molar-refractivity contribution in [1.29, 1.82) is 0 Å². The summed E-state index contributed by atoms with van der Waals surface area (Å²) in [5.41, 5.74) is 5.72. The molecule has 2 rings (SSSR count). The van der Waals surface area contributed by atoms with Crippen molar-refractivity contribution in [1.82, 2.24) is 9.97 Å². The van der Waals surface area contributed by atoms with Crippen molar-refractivity contribution < 1.29 is 13.2 Å². The van der Waals surface area contributed by atoms with Crippen LogP contribution in [0.2, 0.25) is 0 Å². The number of rotatable bonds is 2. The standard InChI is InChI=1S/C13H11F3N4S/c1-7-4-2-3-5-8(7)9-6-10(13(14,15)16)19-12(18-9)20-11(17)21/h2-6H,1H3,(H3,17,18,19,20,21). The van der Waals surface area contributed by atoms with Gasteiger partial charge in [-0.3, -0.25) is 0 Å². The number of nitrogens with two attached hydrogens (primary N) is 1. The largest absolute Gasteiger partial charge is 0.433 e. The fourth-order valence-electron chi connectivity index (χ4n) is 1.76. The number of anilines is 1. The molecule has 0 radical (unpaired) electrons. The number of benzene rings is 1. The average molecular weight is 312 g/mol.